The van der Waals surface area contributed by atoms with E-state index in [1.54, 1.807) is 7.11 Å². The van der Waals surface area contributed by atoms with Crippen LogP contribution in [0.15, 0.2) is 22.7 Å². The number of piperidine rings is 1. The van der Waals surface area contributed by atoms with Gasteiger partial charge in [-0.05, 0) is 113 Å². The molecule has 1 saturated heterocycles. The number of nitrogens with one attached hydrogen (secondary N) is 1. The van der Waals surface area contributed by atoms with Crippen molar-refractivity contribution in [3.8, 4) is 5.75 Å². The first-order valence-electron chi connectivity index (χ1n) is 11.7. The van der Waals surface area contributed by atoms with Crippen molar-refractivity contribution in [2.24, 2.45) is 11.8 Å². The topological polar surface area (TPSA) is 41.6 Å². The van der Waals surface area contributed by atoms with Crippen LogP contribution in [0.1, 0.15) is 56.9 Å². The SMILES string of the molecule is COc1ccc(Br)c(CC2CCN(CCCC3CCC(NC(=O)C(F)(F)F)CC3)CC2)c1. The molecular formula is C24H34BrF3N2O2. The Kier molecular flexibility index (Phi) is 9.29. The number of hydrogen-bond donors (Lipinski definition) is 1. The molecule has 1 amide bonds. The Morgan fingerprint density at radius 2 is 1.81 bits per heavy atom. The maximum atomic E-state index is 12.4. The van der Waals surface area contributed by atoms with E-state index in [-0.39, 0.29) is 6.04 Å². The van der Waals surface area contributed by atoms with Crippen LogP contribution in [0.3, 0.4) is 0 Å². The molecule has 0 bridgehead atoms. The van der Waals surface area contributed by atoms with Crippen LogP contribution < -0.4 is 10.1 Å². The average Bonchev–Trinajstić information content (AvgIpc) is 2.77. The second-order valence-corrected chi connectivity index (χ2v) is 10.1. The second kappa shape index (κ2) is 11.7. The highest BCUT2D eigenvalue weighted by molar-refractivity contribution is 9.10. The van der Waals surface area contributed by atoms with E-state index < -0.39 is 12.1 Å². The van der Waals surface area contributed by atoms with Gasteiger partial charge in [-0.1, -0.05) is 15.9 Å². The van der Waals surface area contributed by atoms with E-state index in [1.165, 1.54) is 18.4 Å². The van der Waals surface area contributed by atoms with Crippen molar-refractivity contribution in [2.45, 2.75) is 70.0 Å². The van der Waals surface area contributed by atoms with Gasteiger partial charge in [-0.2, -0.15) is 13.2 Å². The van der Waals surface area contributed by atoms with Gasteiger partial charge in [0.25, 0.3) is 0 Å². The number of rotatable bonds is 8. The van der Waals surface area contributed by atoms with E-state index in [2.05, 4.69) is 38.3 Å². The fraction of sp³-hybridized carbons (Fsp3) is 0.708. The molecule has 8 heteroatoms. The van der Waals surface area contributed by atoms with Gasteiger partial charge in [0.2, 0.25) is 0 Å². The monoisotopic (exact) mass is 518 g/mol. The smallest absolute Gasteiger partial charge is 0.471 e. The number of benzene rings is 1. The summed E-state index contributed by atoms with van der Waals surface area (Å²) in [6.07, 6.45) is 4.05. The number of nitrogens with zero attached hydrogens (tertiary/aromatic N) is 1. The van der Waals surface area contributed by atoms with Gasteiger partial charge < -0.3 is 15.0 Å². The zero-order valence-electron chi connectivity index (χ0n) is 18.7. The van der Waals surface area contributed by atoms with Crippen LogP contribution in [0, 0.1) is 11.8 Å². The molecule has 1 saturated carbocycles. The predicted octanol–water partition coefficient (Wildman–Crippen LogP) is 5.73. The summed E-state index contributed by atoms with van der Waals surface area (Å²) in [6, 6.07) is 5.83. The lowest BCUT2D eigenvalue weighted by molar-refractivity contribution is -0.174. The molecule has 1 aromatic carbocycles. The van der Waals surface area contributed by atoms with Gasteiger partial charge in [0.05, 0.1) is 7.11 Å². The highest BCUT2D eigenvalue weighted by Gasteiger charge is 2.40. The highest BCUT2D eigenvalue weighted by Crippen LogP contribution is 2.31. The van der Waals surface area contributed by atoms with Crippen molar-refractivity contribution in [1.82, 2.24) is 10.2 Å². The minimum absolute atomic E-state index is 0.330. The second-order valence-electron chi connectivity index (χ2n) is 9.28. The molecule has 0 unspecified atom stereocenters. The molecule has 2 aliphatic rings. The Bertz CT molecular complexity index is 743. The average molecular weight is 519 g/mol. The summed E-state index contributed by atoms with van der Waals surface area (Å²) in [6.45, 7) is 3.35. The third kappa shape index (κ3) is 7.65. The van der Waals surface area contributed by atoms with Gasteiger partial charge in [0.15, 0.2) is 0 Å². The highest BCUT2D eigenvalue weighted by atomic mass is 79.9. The Balaban J connectivity index is 1.30. The first-order valence-corrected chi connectivity index (χ1v) is 12.5. The number of hydrogen-bond acceptors (Lipinski definition) is 3. The molecule has 4 nitrogen and oxygen atoms in total. The normalized spacial score (nSPS) is 23.2. The summed E-state index contributed by atoms with van der Waals surface area (Å²) in [5.74, 6) is 0.356. The summed E-state index contributed by atoms with van der Waals surface area (Å²) >= 11 is 3.66. The van der Waals surface area contributed by atoms with E-state index in [0.29, 0.717) is 24.7 Å². The molecule has 0 atom stereocenters. The first kappa shape index (κ1) is 25.3. The third-order valence-electron chi connectivity index (χ3n) is 6.99. The van der Waals surface area contributed by atoms with Gasteiger partial charge in [0, 0.05) is 10.5 Å². The van der Waals surface area contributed by atoms with E-state index >= 15 is 0 Å². The summed E-state index contributed by atoms with van der Waals surface area (Å²) in [5.41, 5.74) is 1.31. The molecule has 0 aromatic heterocycles. The number of methoxy groups -OCH3 is 1. The maximum Gasteiger partial charge on any atom is 0.471 e. The zero-order chi connectivity index (χ0) is 23.1. The molecule has 3 rings (SSSR count). The third-order valence-corrected chi connectivity index (χ3v) is 7.77. The number of likely N-dealkylation sites (tertiary alicyclic amines) is 1. The van der Waals surface area contributed by atoms with Crippen LogP contribution >= 0.6 is 15.9 Å². The van der Waals surface area contributed by atoms with E-state index in [1.807, 2.05) is 6.07 Å². The Hall–Kier alpha value is -1.28. The lowest BCUT2D eigenvalue weighted by Crippen LogP contribution is -2.44. The summed E-state index contributed by atoms with van der Waals surface area (Å²) < 4.78 is 43.6. The Morgan fingerprint density at radius 3 is 2.44 bits per heavy atom. The van der Waals surface area contributed by atoms with Crippen molar-refractivity contribution in [3.63, 3.8) is 0 Å². The van der Waals surface area contributed by atoms with Gasteiger partial charge in [-0.15, -0.1) is 0 Å². The van der Waals surface area contributed by atoms with Crippen LogP contribution in [0.2, 0.25) is 0 Å². The molecule has 1 heterocycles. The van der Waals surface area contributed by atoms with Crippen molar-refractivity contribution >= 4 is 21.8 Å². The van der Waals surface area contributed by atoms with Gasteiger partial charge >= 0.3 is 12.1 Å². The van der Waals surface area contributed by atoms with E-state index in [0.717, 1.165) is 62.0 Å². The molecule has 1 aliphatic carbocycles. The minimum Gasteiger partial charge on any atom is -0.497 e. The number of halogens is 4. The van der Waals surface area contributed by atoms with Crippen LogP contribution in [0.25, 0.3) is 0 Å². The molecule has 1 N–H and O–H groups in total. The molecular weight excluding hydrogens is 485 g/mol. The summed E-state index contributed by atoms with van der Waals surface area (Å²) in [5, 5.41) is 2.14. The molecule has 0 spiro atoms. The summed E-state index contributed by atoms with van der Waals surface area (Å²) in [4.78, 5) is 13.6. The largest absolute Gasteiger partial charge is 0.497 e. The fourth-order valence-electron chi connectivity index (χ4n) is 5.03. The lowest BCUT2D eigenvalue weighted by Gasteiger charge is -2.33. The minimum atomic E-state index is -4.78. The van der Waals surface area contributed by atoms with Gasteiger partial charge in [-0.3, -0.25) is 4.79 Å². The number of carbonyl (C=O) groups excluding carboxylic acids is 1. The molecule has 32 heavy (non-hydrogen) atoms. The maximum absolute atomic E-state index is 12.4. The van der Waals surface area contributed by atoms with Crippen molar-refractivity contribution in [1.29, 1.82) is 0 Å². The van der Waals surface area contributed by atoms with Crippen LogP contribution in [0.5, 0.6) is 5.75 Å². The zero-order valence-corrected chi connectivity index (χ0v) is 20.3. The summed E-state index contributed by atoms with van der Waals surface area (Å²) in [7, 11) is 1.70. The molecule has 1 aliphatic heterocycles. The van der Waals surface area contributed by atoms with Crippen LogP contribution in [-0.2, 0) is 11.2 Å². The van der Waals surface area contributed by atoms with E-state index in [9.17, 15) is 18.0 Å². The fourth-order valence-corrected chi connectivity index (χ4v) is 5.43. The lowest BCUT2D eigenvalue weighted by atomic mass is 9.83. The van der Waals surface area contributed by atoms with Crippen molar-refractivity contribution < 1.29 is 22.7 Å². The van der Waals surface area contributed by atoms with Gasteiger partial charge in [-0.25, -0.2) is 0 Å². The van der Waals surface area contributed by atoms with Gasteiger partial charge in [0.1, 0.15) is 5.75 Å². The predicted molar refractivity (Wildman–Crippen MR) is 123 cm³/mol. The molecule has 1 aromatic rings. The number of alkyl halides is 3. The first-order chi connectivity index (χ1) is 15.2. The number of carbonyl (C=O) groups is 1. The number of ether oxygens (including phenoxy) is 1. The van der Waals surface area contributed by atoms with Crippen molar-refractivity contribution in [2.75, 3.05) is 26.7 Å². The van der Waals surface area contributed by atoms with Crippen LogP contribution in [-0.4, -0.2) is 49.8 Å². The quantitative estimate of drug-likeness (QED) is 0.477. The number of amides is 1. The molecule has 180 valence electrons. The Morgan fingerprint density at radius 1 is 1.12 bits per heavy atom. The Labute approximate surface area is 197 Å². The molecule has 2 fully saturated rings. The standard InChI is InChI=1S/C24H34BrF3N2O2/c1-32-21-8-9-22(25)19(16-21)15-18-10-13-30(14-11-18)12-2-3-17-4-6-20(7-5-17)29-23(31)24(26,27)28/h8-9,16-18,20H,2-7,10-15H2,1H3,(H,29,31). The van der Waals surface area contributed by atoms with Crippen molar-refractivity contribution in [3.05, 3.63) is 28.2 Å². The van der Waals surface area contributed by atoms with Crippen LogP contribution in [0.4, 0.5) is 13.2 Å². The molecule has 0 radical (unpaired) electrons. The van der Waals surface area contributed by atoms with E-state index in [4.69, 9.17) is 4.74 Å².